The Labute approximate surface area is 103 Å². The standard InChI is InChI=1S/C11H11Cl2NO2/c12-7-1-2-8(9(13)5-7)10(16)14-11(6-15)3-4-11/h1-2,5,15H,3-4,6H2,(H,14,16). The molecule has 0 aromatic heterocycles. The minimum absolute atomic E-state index is 0.0377. The van der Waals surface area contributed by atoms with Crippen LogP contribution in [0, 0.1) is 0 Å². The fourth-order valence-electron chi connectivity index (χ4n) is 1.46. The Hall–Kier alpha value is -0.770. The Morgan fingerprint density at radius 2 is 2.12 bits per heavy atom. The van der Waals surface area contributed by atoms with Crippen molar-refractivity contribution in [1.82, 2.24) is 5.32 Å². The van der Waals surface area contributed by atoms with Gasteiger partial charge in [-0.15, -0.1) is 0 Å². The molecule has 0 spiro atoms. The molecule has 1 fully saturated rings. The van der Waals surface area contributed by atoms with Gasteiger partial charge in [0.25, 0.3) is 5.91 Å². The molecule has 16 heavy (non-hydrogen) atoms. The molecule has 5 heteroatoms. The lowest BCUT2D eigenvalue weighted by molar-refractivity contribution is 0.0907. The Balaban J connectivity index is 2.15. The number of amides is 1. The van der Waals surface area contributed by atoms with Crippen LogP contribution >= 0.6 is 23.2 Å². The predicted octanol–water partition coefficient (Wildman–Crippen LogP) is 2.25. The third kappa shape index (κ3) is 2.32. The molecule has 2 rings (SSSR count). The molecule has 0 bridgehead atoms. The van der Waals surface area contributed by atoms with Gasteiger partial charge in [-0.2, -0.15) is 0 Å². The van der Waals surface area contributed by atoms with Crippen LogP contribution in [0.3, 0.4) is 0 Å². The van der Waals surface area contributed by atoms with Crippen molar-refractivity contribution >= 4 is 29.1 Å². The van der Waals surface area contributed by atoms with Crippen LogP contribution in [0.15, 0.2) is 18.2 Å². The van der Waals surface area contributed by atoms with Crippen molar-refractivity contribution in [2.24, 2.45) is 0 Å². The van der Waals surface area contributed by atoms with E-state index in [1.54, 1.807) is 12.1 Å². The molecule has 0 unspecified atom stereocenters. The molecule has 86 valence electrons. The third-order valence-corrected chi connectivity index (χ3v) is 3.26. The van der Waals surface area contributed by atoms with Gasteiger partial charge in [0.15, 0.2) is 0 Å². The molecule has 1 aliphatic carbocycles. The fraction of sp³-hybridized carbons (Fsp3) is 0.364. The summed E-state index contributed by atoms with van der Waals surface area (Å²) in [6.45, 7) is -0.0377. The number of nitrogens with one attached hydrogen (secondary N) is 1. The number of carbonyl (C=O) groups is 1. The van der Waals surface area contributed by atoms with Crippen LogP contribution in [0.2, 0.25) is 10.0 Å². The van der Waals surface area contributed by atoms with Gasteiger partial charge in [0.2, 0.25) is 0 Å². The summed E-state index contributed by atoms with van der Waals surface area (Å²) in [5.74, 6) is -0.270. The SMILES string of the molecule is O=C(NC1(CO)CC1)c1ccc(Cl)cc1Cl. The second kappa shape index (κ2) is 4.24. The lowest BCUT2D eigenvalue weighted by Gasteiger charge is -2.14. The first-order chi connectivity index (χ1) is 7.56. The van der Waals surface area contributed by atoms with E-state index in [1.807, 2.05) is 0 Å². The Morgan fingerprint density at radius 3 is 2.62 bits per heavy atom. The van der Waals surface area contributed by atoms with Gasteiger partial charge < -0.3 is 10.4 Å². The highest BCUT2D eigenvalue weighted by Gasteiger charge is 2.43. The zero-order chi connectivity index (χ0) is 11.8. The molecule has 1 saturated carbocycles. The number of rotatable bonds is 3. The summed E-state index contributed by atoms with van der Waals surface area (Å²) in [7, 11) is 0. The molecular weight excluding hydrogens is 249 g/mol. The van der Waals surface area contributed by atoms with E-state index in [0.717, 1.165) is 12.8 Å². The fourth-order valence-corrected chi connectivity index (χ4v) is 1.95. The lowest BCUT2D eigenvalue weighted by Crippen LogP contribution is -2.39. The summed E-state index contributed by atoms with van der Waals surface area (Å²) in [5.41, 5.74) is -0.0501. The number of aliphatic hydroxyl groups is 1. The predicted molar refractivity (Wildman–Crippen MR) is 63.0 cm³/mol. The summed E-state index contributed by atoms with van der Waals surface area (Å²) in [6, 6.07) is 4.71. The van der Waals surface area contributed by atoms with Gasteiger partial charge in [-0.25, -0.2) is 0 Å². The number of halogens is 2. The van der Waals surface area contributed by atoms with Gasteiger partial charge >= 0.3 is 0 Å². The van der Waals surface area contributed by atoms with Crippen molar-refractivity contribution in [2.45, 2.75) is 18.4 Å². The Kier molecular flexibility index (Phi) is 3.10. The van der Waals surface area contributed by atoms with Crippen LogP contribution in [0.4, 0.5) is 0 Å². The highest BCUT2D eigenvalue weighted by atomic mass is 35.5. The molecule has 2 N–H and O–H groups in total. The van der Waals surface area contributed by atoms with Crippen molar-refractivity contribution in [3.05, 3.63) is 33.8 Å². The van der Waals surface area contributed by atoms with Gasteiger partial charge in [0.1, 0.15) is 0 Å². The van der Waals surface area contributed by atoms with E-state index in [0.29, 0.717) is 15.6 Å². The molecule has 0 atom stereocenters. The van der Waals surface area contributed by atoms with Gasteiger partial charge in [-0.05, 0) is 31.0 Å². The van der Waals surface area contributed by atoms with Crippen molar-refractivity contribution in [2.75, 3.05) is 6.61 Å². The molecule has 0 saturated heterocycles. The highest BCUT2D eigenvalue weighted by Crippen LogP contribution is 2.35. The van der Waals surface area contributed by atoms with Crippen LogP contribution in [-0.4, -0.2) is 23.2 Å². The quantitative estimate of drug-likeness (QED) is 0.875. The van der Waals surface area contributed by atoms with E-state index in [-0.39, 0.29) is 12.5 Å². The molecule has 1 amide bonds. The Morgan fingerprint density at radius 1 is 1.44 bits per heavy atom. The minimum atomic E-state index is -0.431. The van der Waals surface area contributed by atoms with Crippen molar-refractivity contribution < 1.29 is 9.90 Å². The van der Waals surface area contributed by atoms with E-state index in [2.05, 4.69) is 5.32 Å². The summed E-state index contributed by atoms with van der Waals surface area (Å²) in [5, 5.41) is 12.7. The van der Waals surface area contributed by atoms with Crippen molar-refractivity contribution in [3.8, 4) is 0 Å². The van der Waals surface area contributed by atoms with Crippen molar-refractivity contribution in [3.63, 3.8) is 0 Å². The molecule has 1 aromatic carbocycles. The van der Waals surface area contributed by atoms with Crippen LogP contribution < -0.4 is 5.32 Å². The second-order valence-electron chi connectivity index (χ2n) is 4.02. The lowest BCUT2D eigenvalue weighted by atomic mass is 10.2. The molecule has 1 aliphatic rings. The summed E-state index contributed by atoms with van der Waals surface area (Å²) in [6.07, 6.45) is 1.61. The summed E-state index contributed by atoms with van der Waals surface area (Å²) >= 11 is 11.6. The van der Waals surface area contributed by atoms with E-state index < -0.39 is 5.54 Å². The zero-order valence-electron chi connectivity index (χ0n) is 8.46. The van der Waals surface area contributed by atoms with Gasteiger partial charge in [-0.3, -0.25) is 4.79 Å². The number of hydrogen-bond donors (Lipinski definition) is 2. The van der Waals surface area contributed by atoms with Gasteiger partial charge in [0, 0.05) is 5.02 Å². The first-order valence-corrected chi connectivity index (χ1v) is 5.70. The Bertz CT molecular complexity index is 430. The zero-order valence-corrected chi connectivity index (χ0v) is 9.98. The molecule has 0 aliphatic heterocycles. The number of hydrogen-bond acceptors (Lipinski definition) is 2. The van der Waals surface area contributed by atoms with E-state index >= 15 is 0 Å². The first kappa shape index (κ1) is 11.7. The second-order valence-corrected chi connectivity index (χ2v) is 4.86. The maximum atomic E-state index is 11.8. The number of aliphatic hydroxyl groups excluding tert-OH is 1. The molecule has 1 aromatic rings. The van der Waals surface area contributed by atoms with E-state index in [1.165, 1.54) is 6.07 Å². The first-order valence-electron chi connectivity index (χ1n) is 4.95. The highest BCUT2D eigenvalue weighted by molar-refractivity contribution is 6.36. The van der Waals surface area contributed by atoms with Gasteiger partial charge in [-0.1, -0.05) is 23.2 Å². The van der Waals surface area contributed by atoms with Crippen LogP contribution in [0.1, 0.15) is 23.2 Å². The molecule has 0 radical (unpaired) electrons. The normalized spacial score (nSPS) is 16.9. The largest absolute Gasteiger partial charge is 0.394 e. The van der Waals surface area contributed by atoms with E-state index in [9.17, 15) is 4.79 Å². The number of benzene rings is 1. The van der Waals surface area contributed by atoms with Gasteiger partial charge in [0.05, 0.1) is 22.7 Å². The van der Waals surface area contributed by atoms with Crippen LogP contribution in [0.25, 0.3) is 0 Å². The summed E-state index contributed by atoms with van der Waals surface area (Å²) < 4.78 is 0. The summed E-state index contributed by atoms with van der Waals surface area (Å²) in [4.78, 5) is 11.8. The average molecular weight is 260 g/mol. The topological polar surface area (TPSA) is 49.3 Å². The van der Waals surface area contributed by atoms with Crippen LogP contribution in [-0.2, 0) is 0 Å². The third-order valence-electron chi connectivity index (χ3n) is 2.71. The molecule has 3 nitrogen and oxygen atoms in total. The monoisotopic (exact) mass is 259 g/mol. The average Bonchev–Trinajstić information content (AvgIpc) is 2.98. The maximum Gasteiger partial charge on any atom is 0.253 e. The minimum Gasteiger partial charge on any atom is -0.394 e. The maximum absolute atomic E-state index is 11.8. The smallest absolute Gasteiger partial charge is 0.253 e. The number of carbonyl (C=O) groups excluding carboxylic acids is 1. The van der Waals surface area contributed by atoms with Crippen molar-refractivity contribution in [1.29, 1.82) is 0 Å². The van der Waals surface area contributed by atoms with E-state index in [4.69, 9.17) is 28.3 Å². The van der Waals surface area contributed by atoms with Crippen LogP contribution in [0.5, 0.6) is 0 Å². The molecule has 0 heterocycles. The molecular formula is C11H11Cl2NO2.